The number of ether oxygens (including phenoxy) is 3. The van der Waals surface area contributed by atoms with Crippen LogP contribution in [0.15, 0.2) is 30.0 Å². The van der Waals surface area contributed by atoms with Gasteiger partial charge in [-0.05, 0) is 18.7 Å². The zero-order valence-corrected chi connectivity index (χ0v) is 11.7. The summed E-state index contributed by atoms with van der Waals surface area (Å²) < 4.78 is 16.6. The van der Waals surface area contributed by atoms with Crippen LogP contribution in [-0.4, -0.2) is 27.4 Å². The minimum atomic E-state index is 0.0116. The lowest BCUT2D eigenvalue weighted by Gasteiger charge is -2.22. The van der Waals surface area contributed by atoms with Crippen LogP contribution in [0.3, 0.4) is 0 Å². The maximum Gasteiger partial charge on any atom is 0.165 e. The fourth-order valence-electron chi connectivity index (χ4n) is 2.35. The summed E-state index contributed by atoms with van der Waals surface area (Å²) in [6.07, 6.45) is 3.09. The van der Waals surface area contributed by atoms with Crippen molar-refractivity contribution in [2.45, 2.75) is 19.4 Å². The van der Waals surface area contributed by atoms with E-state index in [0.717, 1.165) is 42.4 Å². The molecule has 1 N–H and O–H groups in total. The first kappa shape index (κ1) is 13.7. The van der Waals surface area contributed by atoms with Gasteiger partial charge in [0.2, 0.25) is 0 Å². The van der Waals surface area contributed by atoms with Crippen molar-refractivity contribution in [3.05, 3.63) is 35.6 Å². The molecule has 0 bridgehead atoms. The summed E-state index contributed by atoms with van der Waals surface area (Å²) in [6.45, 7) is 3.68. The Bertz CT molecular complexity index is 457. The van der Waals surface area contributed by atoms with Crippen molar-refractivity contribution in [1.82, 2.24) is 5.32 Å². The first-order chi connectivity index (χ1) is 9.31. The monoisotopic (exact) mass is 263 g/mol. The third kappa shape index (κ3) is 2.84. The lowest BCUT2D eigenvalue weighted by atomic mass is 10.0. The van der Waals surface area contributed by atoms with E-state index in [2.05, 4.69) is 18.3 Å². The normalized spacial score (nSPS) is 15.6. The van der Waals surface area contributed by atoms with Crippen LogP contribution in [-0.2, 0) is 4.74 Å². The molecule has 1 atom stereocenters. The van der Waals surface area contributed by atoms with Crippen LogP contribution < -0.4 is 14.8 Å². The SMILES string of the molecule is CCNC(C1=CCCO1)c1cccc(OC)c1OC. The zero-order chi connectivity index (χ0) is 13.7. The maximum absolute atomic E-state index is 5.70. The van der Waals surface area contributed by atoms with Crippen LogP contribution >= 0.6 is 0 Å². The van der Waals surface area contributed by atoms with Crippen molar-refractivity contribution in [3.8, 4) is 11.5 Å². The van der Waals surface area contributed by atoms with E-state index < -0.39 is 0 Å². The molecule has 1 aromatic rings. The number of hydrogen-bond donors (Lipinski definition) is 1. The largest absolute Gasteiger partial charge is 0.496 e. The highest BCUT2D eigenvalue weighted by Crippen LogP contribution is 2.38. The van der Waals surface area contributed by atoms with E-state index in [1.807, 2.05) is 18.2 Å². The summed E-state index contributed by atoms with van der Waals surface area (Å²) in [5.74, 6) is 2.46. The van der Waals surface area contributed by atoms with Gasteiger partial charge >= 0.3 is 0 Å². The van der Waals surface area contributed by atoms with Crippen molar-refractivity contribution in [3.63, 3.8) is 0 Å². The second-order valence-electron chi connectivity index (χ2n) is 4.32. The molecule has 2 rings (SSSR count). The Morgan fingerprint density at radius 1 is 1.32 bits per heavy atom. The molecule has 1 aliphatic rings. The molecule has 0 saturated heterocycles. The van der Waals surface area contributed by atoms with E-state index in [0.29, 0.717) is 0 Å². The highest BCUT2D eigenvalue weighted by molar-refractivity contribution is 5.49. The van der Waals surface area contributed by atoms with Crippen LogP contribution in [0.25, 0.3) is 0 Å². The second-order valence-corrected chi connectivity index (χ2v) is 4.32. The van der Waals surface area contributed by atoms with Gasteiger partial charge in [-0.15, -0.1) is 0 Å². The highest BCUT2D eigenvalue weighted by atomic mass is 16.5. The molecule has 4 heteroatoms. The standard InChI is InChI=1S/C15H21NO3/c1-4-16-14(12-9-6-10-19-12)11-7-5-8-13(17-2)15(11)18-3/h5,7-9,14,16H,4,6,10H2,1-3H3. The Kier molecular flexibility index (Phi) is 4.68. The number of methoxy groups -OCH3 is 2. The number of para-hydroxylation sites is 1. The average molecular weight is 263 g/mol. The molecule has 1 aromatic carbocycles. The summed E-state index contributed by atoms with van der Waals surface area (Å²) in [5, 5.41) is 3.44. The summed E-state index contributed by atoms with van der Waals surface area (Å²) in [5.41, 5.74) is 1.04. The predicted molar refractivity (Wildman–Crippen MR) is 74.6 cm³/mol. The van der Waals surface area contributed by atoms with E-state index >= 15 is 0 Å². The summed E-state index contributed by atoms with van der Waals surface area (Å²) >= 11 is 0. The topological polar surface area (TPSA) is 39.7 Å². The first-order valence-corrected chi connectivity index (χ1v) is 6.59. The molecule has 1 aliphatic heterocycles. The minimum absolute atomic E-state index is 0.0116. The molecule has 1 heterocycles. The van der Waals surface area contributed by atoms with Gasteiger partial charge in [0.05, 0.1) is 26.9 Å². The van der Waals surface area contributed by atoms with Gasteiger partial charge in [0.15, 0.2) is 11.5 Å². The molecule has 104 valence electrons. The number of hydrogen-bond acceptors (Lipinski definition) is 4. The molecule has 0 spiro atoms. The second kappa shape index (κ2) is 6.48. The molecule has 19 heavy (non-hydrogen) atoms. The summed E-state index contributed by atoms with van der Waals surface area (Å²) in [6, 6.07) is 5.92. The quantitative estimate of drug-likeness (QED) is 0.856. The number of benzene rings is 1. The van der Waals surface area contributed by atoms with Gasteiger partial charge in [-0.1, -0.05) is 19.1 Å². The van der Waals surface area contributed by atoms with E-state index in [9.17, 15) is 0 Å². The smallest absolute Gasteiger partial charge is 0.165 e. The van der Waals surface area contributed by atoms with Crippen LogP contribution in [0.4, 0.5) is 0 Å². The van der Waals surface area contributed by atoms with Crippen molar-refractivity contribution in [2.75, 3.05) is 27.4 Å². The van der Waals surface area contributed by atoms with Gasteiger partial charge < -0.3 is 19.5 Å². The number of likely N-dealkylation sites (N-methyl/N-ethyl adjacent to an activating group) is 1. The Morgan fingerprint density at radius 3 is 2.74 bits per heavy atom. The van der Waals surface area contributed by atoms with Crippen molar-refractivity contribution in [1.29, 1.82) is 0 Å². The van der Waals surface area contributed by atoms with Crippen LogP contribution in [0, 0.1) is 0 Å². The minimum Gasteiger partial charge on any atom is -0.496 e. The Labute approximate surface area is 114 Å². The molecule has 0 aliphatic carbocycles. The zero-order valence-electron chi connectivity index (χ0n) is 11.7. The number of rotatable bonds is 6. The Hall–Kier alpha value is -1.68. The van der Waals surface area contributed by atoms with E-state index in [4.69, 9.17) is 14.2 Å². The predicted octanol–water partition coefficient (Wildman–Crippen LogP) is 2.66. The molecule has 4 nitrogen and oxygen atoms in total. The van der Waals surface area contributed by atoms with Crippen LogP contribution in [0.5, 0.6) is 11.5 Å². The van der Waals surface area contributed by atoms with Gasteiger partial charge in [-0.25, -0.2) is 0 Å². The summed E-state index contributed by atoms with van der Waals surface area (Å²) in [7, 11) is 3.31. The Morgan fingerprint density at radius 2 is 2.16 bits per heavy atom. The van der Waals surface area contributed by atoms with Crippen molar-refractivity contribution < 1.29 is 14.2 Å². The molecular weight excluding hydrogens is 242 g/mol. The fourth-order valence-corrected chi connectivity index (χ4v) is 2.35. The van der Waals surface area contributed by atoms with Gasteiger partial charge in [0.1, 0.15) is 5.76 Å². The molecule has 0 radical (unpaired) electrons. The molecule has 0 saturated carbocycles. The third-order valence-electron chi connectivity index (χ3n) is 3.17. The average Bonchev–Trinajstić information content (AvgIpc) is 2.97. The van der Waals surface area contributed by atoms with Crippen LogP contribution in [0.2, 0.25) is 0 Å². The van der Waals surface area contributed by atoms with Gasteiger partial charge in [-0.3, -0.25) is 0 Å². The fraction of sp³-hybridized carbons (Fsp3) is 0.467. The van der Waals surface area contributed by atoms with Gasteiger partial charge in [0, 0.05) is 12.0 Å². The molecule has 1 unspecified atom stereocenters. The molecule has 0 fully saturated rings. The van der Waals surface area contributed by atoms with Crippen molar-refractivity contribution >= 4 is 0 Å². The van der Waals surface area contributed by atoms with E-state index in [-0.39, 0.29) is 6.04 Å². The van der Waals surface area contributed by atoms with E-state index in [1.165, 1.54) is 0 Å². The number of nitrogens with one attached hydrogen (secondary N) is 1. The first-order valence-electron chi connectivity index (χ1n) is 6.59. The van der Waals surface area contributed by atoms with Gasteiger partial charge in [0.25, 0.3) is 0 Å². The van der Waals surface area contributed by atoms with E-state index in [1.54, 1.807) is 14.2 Å². The molecule has 0 amide bonds. The van der Waals surface area contributed by atoms with Gasteiger partial charge in [-0.2, -0.15) is 0 Å². The third-order valence-corrected chi connectivity index (χ3v) is 3.17. The lowest BCUT2D eigenvalue weighted by molar-refractivity contribution is 0.214. The van der Waals surface area contributed by atoms with Crippen LogP contribution in [0.1, 0.15) is 24.9 Å². The highest BCUT2D eigenvalue weighted by Gasteiger charge is 2.24. The Balaban J connectivity index is 2.40. The lowest BCUT2D eigenvalue weighted by Crippen LogP contribution is -2.23. The van der Waals surface area contributed by atoms with Crippen molar-refractivity contribution in [2.24, 2.45) is 0 Å². The summed E-state index contributed by atoms with van der Waals surface area (Å²) in [4.78, 5) is 0. The maximum atomic E-state index is 5.70. The molecular formula is C15H21NO3. The molecule has 0 aromatic heterocycles.